The maximum absolute atomic E-state index is 12.2. The van der Waals surface area contributed by atoms with E-state index in [4.69, 9.17) is 0 Å². The minimum atomic E-state index is 0. The predicted molar refractivity (Wildman–Crippen MR) is 97.6 cm³/mol. The van der Waals surface area contributed by atoms with Crippen molar-refractivity contribution in [3.63, 3.8) is 0 Å². The van der Waals surface area contributed by atoms with Crippen LogP contribution in [0.15, 0.2) is 6.07 Å². The fourth-order valence-electron chi connectivity index (χ4n) is 3.59. The molecule has 1 aromatic rings. The van der Waals surface area contributed by atoms with E-state index in [1.807, 2.05) is 13.8 Å². The number of aryl methyl sites for hydroxylation is 2. The summed E-state index contributed by atoms with van der Waals surface area (Å²) in [6.07, 6.45) is 6.32. The van der Waals surface area contributed by atoms with Gasteiger partial charge in [0.1, 0.15) is 5.69 Å². The minimum Gasteiger partial charge on any atom is -1.00 e. The van der Waals surface area contributed by atoms with Gasteiger partial charge in [-0.3, -0.25) is 4.79 Å². The number of hydrogen-bond donors (Lipinski definition) is 2. The summed E-state index contributed by atoms with van der Waals surface area (Å²) in [6, 6.07) is 2.23. The molecule has 0 saturated carbocycles. The third-order valence-electron chi connectivity index (χ3n) is 4.99. The first-order chi connectivity index (χ1) is 11.0. The Kier molecular flexibility index (Phi) is 8.24. The van der Waals surface area contributed by atoms with Crippen LogP contribution in [0.25, 0.3) is 0 Å². The Morgan fingerprint density at radius 3 is 2.54 bits per heavy atom. The first-order valence-corrected chi connectivity index (χ1v) is 9.24. The first kappa shape index (κ1) is 21.0. The maximum Gasteiger partial charge on any atom is 0.227 e. The Labute approximate surface area is 153 Å². The lowest BCUT2D eigenvalue weighted by Crippen LogP contribution is -3.06. The third-order valence-corrected chi connectivity index (χ3v) is 4.99. The molecule has 2 N–H and O–H groups in total. The number of amides is 1. The lowest BCUT2D eigenvalue weighted by molar-refractivity contribution is -0.825. The Balaban J connectivity index is 0.00000288. The van der Waals surface area contributed by atoms with Crippen molar-refractivity contribution in [2.75, 3.05) is 18.4 Å². The number of hydrogen-bond acceptors (Lipinski definition) is 1. The van der Waals surface area contributed by atoms with Gasteiger partial charge in [0.25, 0.3) is 0 Å². The minimum absolute atomic E-state index is 0. The van der Waals surface area contributed by atoms with Gasteiger partial charge in [0, 0.05) is 17.9 Å². The summed E-state index contributed by atoms with van der Waals surface area (Å²) in [4.78, 5) is 13.8. The largest absolute Gasteiger partial charge is 1.00 e. The predicted octanol–water partition coefficient (Wildman–Crippen LogP) is 0.555. The molecule has 1 aliphatic heterocycles. The van der Waals surface area contributed by atoms with Gasteiger partial charge in [-0.1, -0.05) is 39.7 Å². The quantitative estimate of drug-likeness (QED) is 0.691. The van der Waals surface area contributed by atoms with E-state index in [0.29, 0.717) is 0 Å². The molecule has 0 aromatic heterocycles. The van der Waals surface area contributed by atoms with Crippen molar-refractivity contribution in [3.05, 3.63) is 22.8 Å². The van der Waals surface area contributed by atoms with Crippen LogP contribution in [0.4, 0.5) is 11.4 Å². The number of rotatable bonds is 7. The molecule has 136 valence electrons. The molecule has 24 heavy (non-hydrogen) atoms. The summed E-state index contributed by atoms with van der Waals surface area (Å²) in [6.45, 7) is 12.8. The van der Waals surface area contributed by atoms with E-state index in [0.717, 1.165) is 18.7 Å². The van der Waals surface area contributed by atoms with E-state index in [-0.39, 0.29) is 24.2 Å². The van der Waals surface area contributed by atoms with Crippen LogP contribution < -0.4 is 22.6 Å². The highest BCUT2D eigenvalue weighted by Gasteiger charge is 2.31. The molecule has 0 aliphatic carbocycles. The zero-order valence-corrected chi connectivity index (χ0v) is 16.6. The number of carbonyl (C=O) groups excluding carboxylic acids is 1. The van der Waals surface area contributed by atoms with E-state index >= 15 is 0 Å². The highest BCUT2D eigenvalue weighted by atomic mass is 35.5. The van der Waals surface area contributed by atoms with Crippen LogP contribution in [-0.4, -0.2) is 19.0 Å². The van der Waals surface area contributed by atoms with Gasteiger partial charge in [-0.15, -0.1) is 0 Å². The van der Waals surface area contributed by atoms with Crippen LogP contribution in [0.3, 0.4) is 0 Å². The summed E-state index contributed by atoms with van der Waals surface area (Å²) < 4.78 is 0. The van der Waals surface area contributed by atoms with Crippen molar-refractivity contribution >= 4 is 17.3 Å². The van der Waals surface area contributed by atoms with Gasteiger partial charge in [0.05, 0.1) is 13.1 Å². The second-order valence-electron chi connectivity index (χ2n) is 7.30. The van der Waals surface area contributed by atoms with Gasteiger partial charge < -0.3 is 22.6 Å². The van der Waals surface area contributed by atoms with Gasteiger partial charge >= 0.3 is 0 Å². The van der Waals surface area contributed by atoms with Gasteiger partial charge in [-0.2, -0.15) is 0 Å². The molecule has 1 unspecified atom stereocenters. The van der Waals surface area contributed by atoms with Crippen LogP contribution in [-0.2, 0) is 11.2 Å². The van der Waals surface area contributed by atoms with Gasteiger partial charge in [-0.25, -0.2) is 0 Å². The van der Waals surface area contributed by atoms with Crippen LogP contribution in [0.2, 0.25) is 0 Å². The molecule has 0 bridgehead atoms. The Hall–Kier alpha value is -1.06. The standard InChI is InChI=1S/C20H32N2O.ClH/c1-6-7-8-9-11-22-12-10-17-15(4)13-16(5)18(19(17)22)21-20(23)14(2)3;/h13-14H,6-12H2,1-5H3,(H,21,23);1H. The highest BCUT2D eigenvalue weighted by molar-refractivity contribution is 5.96. The fraction of sp³-hybridized carbons (Fsp3) is 0.650. The molecule has 1 atom stereocenters. The van der Waals surface area contributed by atoms with Gasteiger partial charge in [-0.05, 0) is 37.8 Å². The van der Waals surface area contributed by atoms with Crippen LogP contribution in [0.1, 0.15) is 63.1 Å². The zero-order valence-electron chi connectivity index (χ0n) is 15.9. The topological polar surface area (TPSA) is 33.5 Å². The van der Waals surface area contributed by atoms with Crippen LogP contribution in [0.5, 0.6) is 0 Å². The van der Waals surface area contributed by atoms with E-state index in [1.165, 1.54) is 54.6 Å². The van der Waals surface area contributed by atoms with Crippen LogP contribution >= 0.6 is 0 Å². The summed E-state index contributed by atoms with van der Waals surface area (Å²) in [5, 5.41) is 3.21. The molecule has 0 radical (unpaired) electrons. The molecule has 4 heteroatoms. The van der Waals surface area contributed by atoms with Crippen molar-refractivity contribution in [3.8, 4) is 0 Å². The number of carbonyl (C=O) groups is 1. The average molecular weight is 353 g/mol. The molecule has 1 amide bonds. The summed E-state index contributed by atoms with van der Waals surface area (Å²) >= 11 is 0. The first-order valence-electron chi connectivity index (χ1n) is 9.24. The molecule has 0 fully saturated rings. The van der Waals surface area contributed by atoms with Gasteiger partial charge in [0.2, 0.25) is 5.91 Å². The number of halogens is 1. The molecular formula is C20H33ClN2O. The zero-order chi connectivity index (χ0) is 17.0. The number of fused-ring (bicyclic) bond motifs is 1. The van der Waals surface area contributed by atoms with Crippen molar-refractivity contribution in [1.29, 1.82) is 0 Å². The number of nitrogens with one attached hydrogen (secondary N) is 2. The molecule has 0 saturated heterocycles. The van der Waals surface area contributed by atoms with Crippen molar-refractivity contribution in [2.24, 2.45) is 5.92 Å². The fourth-order valence-corrected chi connectivity index (χ4v) is 3.59. The second kappa shape index (κ2) is 9.43. The molecule has 2 rings (SSSR count). The van der Waals surface area contributed by atoms with E-state index in [2.05, 4.69) is 32.2 Å². The van der Waals surface area contributed by atoms with E-state index in [1.54, 1.807) is 4.90 Å². The highest BCUT2D eigenvalue weighted by Crippen LogP contribution is 2.33. The second-order valence-corrected chi connectivity index (χ2v) is 7.30. The van der Waals surface area contributed by atoms with Crippen molar-refractivity contribution in [1.82, 2.24) is 0 Å². The molecule has 1 aromatic carbocycles. The Morgan fingerprint density at radius 2 is 1.92 bits per heavy atom. The molecule has 1 heterocycles. The SMILES string of the molecule is CCCCCC[NH+]1CCc2c(C)cc(C)c(NC(=O)C(C)C)c21.[Cl-]. The number of anilines is 1. The maximum atomic E-state index is 12.2. The lowest BCUT2D eigenvalue weighted by Gasteiger charge is -2.20. The number of unbranched alkanes of at least 4 members (excludes halogenated alkanes) is 3. The van der Waals surface area contributed by atoms with Crippen molar-refractivity contribution < 1.29 is 22.1 Å². The third kappa shape index (κ3) is 4.73. The molecule has 0 spiro atoms. The van der Waals surface area contributed by atoms with Crippen molar-refractivity contribution in [2.45, 2.75) is 66.7 Å². The monoisotopic (exact) mass is 352 g/mol. The summed E-state index contributed by atoms with van der Waals surface area (Å²) in [5.41, 5.74) is 6.48. The van der Waals surface area contributed by atoms with E-state index in [9.17, 15) is 4.79 Å². The Bertz CT molecular complexity index is 569. The number of benzene rings is 1. The summed E-state index contributed by atoms with van der Waals surface area (Å²) in [5.74, 6) is 0.136. The van der Waals surface area contributed by atoms with E-state index < -0.39 is 0 Å². The smallest absolute Gasteiger partial charge is 0.227 e. The van der Waals surface area contributed by atoms with Crippen LogP contribution in [0, 0.1) is 19.8 Å². The molecule has 1 aliphatic rings. The number of quaternary nitrogens is 1. The van der Waals surface area contributed by atoms with Gasteiger partial charge in [0.15, 0.2) is 5.69 Å². The average Bonchev–Trinajstić information content (AvgIpc) is 2.92. The normalized spacial score (nSPS) is 16.0. The molecule has 3 nitrogen and oxygen atoms in total. The molecular weight excluding hydrogens is 320 g/mol. The summed E-state index contributed by atoms with van der Waals surface area (Å²) in [7, 11) is 0. The Morgan fingerprint density at radius 1 is 1.21 bits per heavy atom. The lowest BCUT2D eigenvalue weighted by atomic mass is 10.00.